The Hall–Kier alpha value is -2.40. The molecule has 0 saturated heterocycles. The lowest BCUT2D eigenvalue weighted by atomic mass is 9.92. The SMILES string of the molecule is CCC(Cc1ccc(F)cc1)CC(C)OC(=O)[C@H](C)N.Oc1ccccc1. The molecule has 0 radical (unpaired) electrons. The van der Waals surface area contributed by atoms with Gasteiger partial charge in [0.25, 0.3) is 0 Å². The summed E-state index contributed by atoms with van der Waals surface area (Å²) in [6, 6.07) is 14.7. The average Bonchev–Trinajstić information content (AvgIpc) is 2.64. The summed E-state index contributed by atoms with van der Waals surface area (Å²) in [5.41, 5.74) is 6.58. The fraction of sp³-hybridized carbons (Fsp3) is 0.409. The number of phenols is 1. The number of hydrogen-bond donors (Lipinski definition) is 2. The maximum Gasteiger partial charge on any atom is 0.322 e. The number of benzene rings is 2. The predicted molar refractivity (Wildman–Crippen MR) is 106 cm³/mol. The Morgan fingerprint density at radius 1 is 1.11 bits per heavy atom. The summed E-state index contributed by atoms with van der Waals surface area (Å²) in [6.07, 6.45) is 2.47. The van der Waals surface area contributed by atoms with E-state index >= 15 is 0 Å². The van der Waals surface area contributed by atoms with Crippen molar-refractivity contribution in [1.82, 2.24) is 0 Å². The fourth-order valence-electron chi connectivity index (χ4n) is 2.60. The van der Waals surface area contributed by atoms with Crippen LogP contribution in [0.25, 0.3) is 0 Å². The highest BCUT2D eigenvalue weighted by atomic mass is 19.1. The lowest BCUT2D eigenvalue weighted by molar-refractivity contribution is -0.150. The van der Waals surface area contributed by atoms with E-state index in [1.54, 1.807) is 43.3 Å². The first-order chi connectivity index (χ1) is 12.8. The molecule has 0 spiro atoms. The van der Waals surface area contributed by atoms with E-state index in [9.17, 15) is 9.18 Å². The van der Waals surface area contributed by atoms with Crippen molar-refractivity contribution >= 4 is 5.97 Å². The van der Waals surface area contributed by atoms with Gasteiger partial charge in [0, 0.05) is 0 Å². The van der Waals surface area contributed by atoms with E-state index in [-0.39, 0.29) is 17.9 Å². The maximum atomic E-state index is 12.9. The number of esters is 1. The first kappa shape index (κ1) is 22.6. The summed E-state index contributed by atoms with van der Waals surface area (Å²) < 4.78 is 18.1. The van der Waals surface area contributed by atoms with E-state index in [0.717, 1.165) is 24.8 Å². The summed E-state index contributed by atoms with van der Waals surface area (Å²) in [5, 5.41) is 8.63. The van der Waals surface area contributed by atoms with Crippen molar-refractivity contribution in [3.05, 3.63) is 66.0 Å². The average molecular weight is 375 g/mol. The van der Waals surface area contributed by atoms with Crippen molar-refractivity contribution in [3.8, 4) is 5.75 Å². The third-order valence-electron chi connectivity index (χ3n) is 4.13. The lowest BCUT2D eigenvalue weighted by Crippen LogP contribution is -2.32. The van der Waals surface area contributed by atoms with E-state index in [0.29, 0.717) is 11.7 Å². The minimum atomic E-state index is -0.588. The predicted octanol–water partition coefficient (Wildman–Crippen LogP) is 4.46. The van der Waals surface area contributed by atoms with Gasteiger partial charge in [0.2, 0.25) is 0 Å². The van der Waals surface area contributed by atoms with Gasteiger partial charge < -0.3 is 15.6 Å². The summed E-state index contributed by atoms with van der Waals surface area (Å²) in [5.74, 6) is 0.133. The van der Waals surface area contributed by atoms with Crippen LogP contribution in [-0.2, 0) is 16.0 Å². The van der Waals surface area contributed by atoms with Crippen LogP contribution in [0.15, 0.2) is 54.6 Å². The van der Waals surface area contributed by atoms with Gasteiger partial charge in [0.1, 0.15) is 17.6 Å². The summed E-state index contributed by atoms with van der Waals surface area (Å²) in [6.45, 7) is 5.60. The van der Waals surface area contributed by atoms with Crippen molar-refractivity contribution in [2.45, 2.75) is 52.2 Å². The number of nitrogens with two attached hydrogens (primary N) is 1. The number of carbonyl (C=O) groups excluding carboxylic acids is 1. The molecule has 2 aromatic carbocycles. The maximum absolute atomic E-state index is 12.9. The van der Waals surface area contributed by atoms with Crippen molar-refractivity contribution in [1.29, 1.82) is 0 Å². The van der Waals surface area contributed by atoms with Crippen molar-refractivity contribution in [3.63, 3.8) is 0 Å². The molecule has 0 saturated carbocycles. The number of rotatable bonds is 7. The molecular formula is C22H30FNO3. The van der Waals surface area contributed by atoms with Crippen molar-refractivity contribution in [2.75, 3.05) is 0 Å². The molecule has 0 aromatic heterocycles. The van der Waals surface area contributed by atoms with E-state index in [1.165, 1.54) is 12.1 Å². The lowest BCUT2D eigenvalue weighted by Gasteiger charge is -2.21. The van der Waals surface area contributed by atoms with Gasteiger partial charge in [-0.05, 0) is 62.4 Å². The van der Waals surface area contributed by atoms with Crippen LogP contribution in [0.1, 0.15) is 39.2 Å². The van der Waals surface area contributed by atoms with E-state index in [1.807, 2.05) is 13.0 Å². The molecule has 0 bridgehead atoms. The van der Waals surface area contributed by atoms with Crippen LogP contribution in [0.3, 0.4) is 0 Å². The second-order valence-corrected chi connectivity index (χ2v) is 6.71. The highest BCUT2D eigenvalue weighted by Gasteiger charge is 2.17. The Morgan fingerprint density at radius 3 is 2.15 bits per heavy atom. The fourth-order valence-corrected chi connectivity index (χ4v) is 2.60. The number of phenolic OH excluding ortho intramolecular Hbond substituents is 1. The van der Waals surface area contributed by atoms with Gasteiger partial charge in [-0.15, -0.1) is 0 Å². The van der Waals surface area contributed by atoms with Gasteiger partial charge in [-0.3, -0.25) is 4.79 Å². The quantitative estimate of drug-likeness (QED) is 0.701. The zero-order valence-corrected chi connectivity index (χ0v) is 16.3. The minimum Gasteiger partial charge on any atom is -0.508 e. The van der Waals surface area contributed by atoms with Crippen LogP contribution < -0.4 is 5.73 Å². The molecule has 0 fully saturated rings. The monoisotopic (exact) mass is 375 g/mol. The summed E-state index contributed by atoms with van der Waals surface area (Å²) in [7, 11) is 0. The Labute approximate surface area is 161 Å². The third kappa shape index (κ3) is 9.75. The molecule has 0 aliphatic carbocycles. The normalized spacial score (nSPS) is 13.7. The molecule has 2 rings (SSSR count). The first-order valence-electron chi connectivity index (χ1n) is 9.26. The molecule has 0 amide bonds. The Balaban J connectivity index is 0.000000433. The number of carbonyl (C=O) groups is 1. The zero-order valence-electron chi connectivity index (χ0n) is 16.3. The minimum absolute atomic E-state index is 0.154. The zero-order chi connectivity index (χ0) is 20.2. The Morgan fingerprint density at radius 2 is 1.70 bits per heavy atom. The van der Waals surface area contributed by atoms with Gasteiger partial charge in [0.15, 0.2) is 0 Å². The Kier molecular flexibility index (Phi) is 10.1. The van der Waals surface area contributed by atoms with Gasteiger partial charge in [-0.25, -0.2) is 4.39 Å². The van der Waals surface area contributed by atoms with Crippen LogP contribution in [0.5, 0.6) is 5.75 Å². The molecule has 0 heterocycles. The van der Waals surface area contributed by atoms with Crippen molar-refractivity contribution < 1.29 is 19.0 Å². The number of aromatic hydroxyl groups is 1. The van der Waals surface area contributed by atoms with Gasteiger partial charge in [0.05, 0.1) is 6.10 Å². The van der Waals surface area contributed by atoms with Gasteiger partial charge in [-0.1, -0.05) is 43.7 Å². The molecule has 3 N–H and O–H groups in total. The van der Waals surface area contributed by atoms with Crippen molar-refractivity contribution in [2.24, 2.45) is 11.7 Å². The molecular weight excluding hydrogens is 345 g/mol. The standard InChI is InChI=1S/C16H24FNO2.C6H6O/c1-4-13(9-11(2)20-16(19)12(3)18)10-14-5-7-15(17)8-6-14;7-6-4-2-1-3-5-6/h5-8,11-13H,4,9-10,18H2,1-3H3;1-5,7H/t11?,12-,13?;/m0./s1. The van der Waals surface area contributed by atoms with Gasteiger partial charge in [-0.2, -0.15) is 0 Å². The second-order valence-electron chi connectivity index (χ2n) is 6.71. The van der Waals surface area contributed by atoms with Crippen LogP contribution in [0.2, 0.25) is 0 Å². The topological polar surface area (TPSA) is 72.5 Å². The summed E-state index contributed by atoms with van der Waals surface area (Å²) >= 11 is 0. The highest BCUT2D eigenvalue weighted by molar-refractivity contribution is 5.75. The Bertz CT molecular complexity index is 659. The number of hydrogen-bond acceptors (Lipinski definition) is 4. The van der Waals surface area contributed by atoms with Crippen LogP contribution in [0, 0.1) is 11.7 Å². The highest BCUT2D eigenvalue weighted by Crippen LogP contribution is 2.19. The summed E-state index contributed by atoms with van der Waals surface area (Å²) in [4.78, 5) is 11.4. The molecule has 0 aliphatic rings. The van der Waals surface area contributed by atoms with Gasteiger partial charge >= 0.3 is 5.97 Å². The number of para-hydroxylation sites is 1. The van der Waals surface area contributed by atoms with E-state index in [2.05, 4.69) is 6.92 Å². The molecule has 2 unspecified atom stereocenters. The van der Waals surface area contributed by atoms with Crippen LogP contribution in [-0.4, -0.2) is 23.2 Å². The van der Waals surface area contributed by atoms with Crippen LogP contribution >= 0.6 is 0 Å². The molecule has 27 heavy (non-hydrogen) atoms. The smallest absolute Gasteiger partial charge is 0.322 e. The largest absolute Gasteiger partial charge is 0.508 e. The molecule has 148 valence electrons. The molecule has 5 heteroatoms. The molecule has 4 nitrogen and oxygen atoms in total. The molecule has 2 aromatic rings. The number of halogens is 1. The van der Waals surface area contributed by atoms with E-state index in [4.69, 9.17) is 15.6 Å². The first-order valence-corrected chi connectivity index (χ1v) is 9.26. The molecule has 0 aliphatic heterocycles. The third-order valence-corrected chi connectivity index (χ3v) is 4.13. The van der Waals surface area contributed by atoms with Crippen LogP contribution in [0.4, 0.5) is 4.39 Å². The second kappa shape index (κ2) is 12.1. The number of ether oxygens (including phenoxy) is 1. The van der Waals surface area contributed by atoms with E-state index < -0.39 is 6.04 Å². The molecule has 3 atom stereocenters.